The van der Waals surface area contributed by atoms with Crippen LogP contribution >= 0.6 is 0 Å². The molecule has 1 aliphatic heterocycles. The number of nitrogens with one attached hydrogen (secondary N) is 2. The van der Waals surface area contributed by atoms with E-state index in [0.717, 1.165) is 6.42 Å². The number of hydrogen-bond donors (Lipinski definition) is 2. The van der Waals surface area contributed by atoms with E-state index in [2.05, 4.69) is 20.5 Å². The average molecular weight is 331 g/mol. The third kappa shape index (κ3) is 3.15. The molecule has 1 aromatic heterocycles. The van der Waals surface area contributed by atoms with Gasteiger partial charge in [-0.15, -0.1) is 0 Å². The van der Waals surface area contributed by atoms with Gasteiger partial charge in [0.05, 0.1) is 11.5 Å². The van der Waals surface area contributed by atoms with Crippen LogP contribution in [0.15, 0.2) is 6.33 Å². The van der Waals surface area contributed by atoms with E-state index in [4.69, 9.17) is 0 Å². The lowest BCUT2D eigenvalue weighted by Crippen LogP contribution is -2.53. The fourth-order valence-electron chi connectivity index (χ4n) is 3.04. The van der Waals surface area contributed by atoms with Gasteiger partial charge >= 0.3 is 6.18 Å². The Morgan fingerprint density at radius 3 is 2.74 bits per heavy atom. The van der Waals surface area contributed by atoms with E-state index >= 15 is 0 Å². The minimum Gasteiger partial charge on any atom is -0.343 e. The predicted molar refractivity (Wildman–Crippen MR) is 70.8 cm³/mol. The van der Waals surface area contributed by atoms with Crippen molar-refractivity contribution in [3.63, 3.8) is 0 Å². The molecule has 0 bridgehead atoms. The topological polar surface area (TPSA) is 91.0 Å². The maximum atomic E-state index is 12.4. The first-order chi connectivity index (χ1) is 10.8. The average Bonchev–Trinajstić information content (AvgIpc) is 3.03. The van der Waals surface area contributed by atoms with Gasteiger partial charge in [-0.25, -0.2) is 4.98 Å². The van der Waals surface area contributed by atoms with E-state index in [0.29, 0.717) is 23.6 Å². The number of amides is 2. The monoisotopic (exact) mass is 331 g/mol. The Hall–Kier alpha value is -2.13. The summed E-state index contributed by atoms with van der Waals surface area (Å²) < 4.78 is 37.2. The van der Waals surface area contributed by atoms with Gasteiger partial charge in [-0.3, -0.25) is 14.7 Å². The standard InChI is InChI=1S/C13H16F3N5O2/c14-13(15,16)6-21-5-8(4-9(21)22)10(23)19-12(2-1-3-12)11-17-7-18-20-11/h7-8H,1-6H2,(H,19,23)(H,17,18,20). The van der Waals surface area contributed by atoms with Crippen molar-refractivity contribution in [2.24, 2.45) is 5.92 Å². The third-order valence-electron chi connectivity index (χ3n) is 4.39. The van der Waals surface area contributed by atoms with Gasteiger partial charge < -0.3 is 10.2 Å². The quantitative estimate of drug-likeness (QED) is 0.850. The summed E-state index contributed by atoms with van der Waals surface area (Å²) in [7, 11) is 0. The van der Waals surface area contributed by atoms with Crippen LogP contribution in [-0.2, 0) is 15.1 Å². The Labute approximate surface area is 129 Å². The molecule has 3 rings (SSSR count). The number of alkyl halides is 3. The number of halogens is 3. The molecule has 2 amide bonds. The predicted octanol–water partition coefficient (Wildman–Crippen LogP) is 0.711. The van der Waals surface area contributed by atoms with Gasteiger partial charge in [0, 0.05) is 13.0 Å². The van der Waals surface area contributed by atoms with Crippen molar-refractivity contribution in [3.8, 4) is 0 Å². The first-order valence-corrected chi connectivity index (χ1v) is 7.31. The molecule has 1 saturated heterocycles. The first-order valence-electron chi connectivity index (χ1n) is 7.31. The van der Waals surface area contributed by atoms with E-state index in [1.54, 1.807) is 0 Å². The molecule has 1 saturated carbocycles. The maximum absolute atomic E-state index is 12.4. The summed E-state index contributed by atoms with van der Waals surface area (Å²) in [5.41, 5.74) is -0.645. The molecular formula is C13H16F3N5O2. The maximum Gasteiger partial charge on any atom is 0.406 e. The van der Waals surface area contributed by atoms with E-state index in [9.17, 15) is 22.8 Å². The second-order valence-electron chi connectivity index (χ2n) is 6.05. The molecule has 2 N–H and O–H groups in total. The summed E-state index contributed by atoms with van der Waals surface area (Å²) in [5, 5.41) is 9.33. The SMILES string of the molecule is O=C(NC1(c2ncn[nH]2)CCC1)C1CC(=O)N(CC(F)(F)F)C1. The molecule has 0 spiro atoms. The highest BCUT2D eigenvalue weighted by atomic mass is 19.4. The van der Waals surface area contributed by atoms with Gasteiger partial charge in [0.1, 0.15) is 18.7 Å². The minimum absolute atomic E-state index is 0.200. The van der Waals surface area contributed by atoms with Crippen LogP contribution in [0.1, 0.15) is 31.5 Å². The number of carbonyl (C=O) groups is 2. The molecule has 0 radical (unpaired) electrons. The molecular weight excluding hydrogens is 315 g/mol. The molecule has 2 fully saturated rings. The van der Waals surface area contributed by atoms with Crippen LogP contribution in [0.5, 0.6) is 0 Å². The first kappa shape index (κ1) is 15.8. The van der Waals surface area contributed by atoms with Crippen LogP contribution in [0.4, 0.5) is 13.2 Å². The summed E-state index contributed by atoms with van der Waals surface area (Å²) >= 11 is 0. The minimum atomic E-state index is -4.46. The van der Waals surface area contributed by atoms with E-state index in [1.165, 1.54) is 6.33 Å². The summed E-state index contributed by atoms with van der Waals surface area (Å²) in [6, 6.07) is 0. The van der Waals surface area contributed by atoms with E-state index in [1.807, 2.05) is 0 Å². The molecule has 7 nitrogen and oxygen atoms in total. The fourth-order valence-corrected chi connectivity index (χ4v) is 3.04. The molecule has 2 aliphatic rings. The van der Waals surface area contributed by atoms with Crippen LogP contribution in [-0.4, -0.2) is 51.2 Å². The van der Waals surface area contributed by atoms with Gasteiger partial charge in [0.15, 0.2) is 0 Å². The molecule has 1 aromatic rings. The van der Waals surface area contributed by atoms with Crippen LogP contribution < -0.4 is 5.32 Å². The van der Waals surface area contributed by atoms with Crippen molar-refractivity contribution >= 4 is 11.8 Å². The van der Waals surface area contributed by atoms with Crippen molar-refractivity contribution in [1.82, 2.24) is 25.4 Å². The Balaban J connectivity index is 1.64. The number of H-pyrrole nitrogens is 1. The van der Waals surface area contributed by atoms with Gasteiger partial charge in [-0.1, -0.05) is 0 Å². The van der Waals surface area contributed by atoms with E-state index in [-0.39, 0.29) is 13.0 Å². The molecule has 1 aliphatic carbocycles. The summed E-state index contributed by atoms with van der Waals surface area (Å²) in [4.78, 5) is 28.8. The molecule has 1 atom stereocenters. The zero-order chi connectivity index (χ0) is 16.7. The van der Waals surface area contributed by atoms with Crippen LogP contribution in [0.25, 0.3) is 0 Å². The van der Waals surface area contributed by atoms with Crippen molar-refractivity contribution in [1.29, 1.82) is 0 Å². The highest BCUT2D eigenvalue weighted by molar-refractivity contribution is 5.89. The van der Waals surface area contributed by atoms with Crippen molar-refractivity contribution in [2.75, 3.05) is 13.1 Å². The number of nitrogens with zero attached hydrogens (tertiary/aromatic N) is 3. The molecule has 10 heteroatoms. The number of likely N-dealkylation sites (tertiary alicyclic amines) is 1. The Morgan fingerprint density at radius 2 is 2.22 bits per heavy atom. The smallest absolute Gasteiger partial charge is 0.343 e. The Morgan fingerprint density at radius 1 is 1.48 bits per heavy atom. The number of aromatic amines is 1. The number of rotatable bonds is 4. The summed E-state index contributed by atoms with van der Waals surface area (Å²) in [6.07, 6.45) is -1.05. The van der Waals surface area contributed by atoms with E-state index < -0.39 is 36.0 Å². The van der Waals surface area contributed by atoms with Crippen molar-refractivity contribution in [3.05, 3.63) is 12.2 Å². The lowest BCUT2D eigenvalue weighted by molar-refractivity contribution is -0.157. The Kier molecular flexibility index (Phi) is 3.77. The molecule has 126 valence electrons. The molecule has 2 heterocycles. The Bertz CT molecular complexity index is 597. The van der Waals surface area contributed by atoms with Crippen molar-refractivity contribution in [2.45, 2.75) is 37.4 Å². The third-order valence-corrected chi connectivity index (χ3v) is 4.39. The van der Waals surface area contributed by atoms with Crippen molar-refractivity contribution < 1.29 is 22.8 Å². The molecule has 23 heavy (non-hydrogen) atoms. The van der Waals surface area contributed by atoms with Crippen LogP contribution in [0.3, 0.4) is 0 Å². The highest BCUT2D eigenvalue weighted by Gasteiger charge is 2.46. The normalized spacial score (nSPS) is 23.7. The van der Waals surface area contributed by atoms with Gasteiger partial charge in [0.2, 0.25) is 11.8 Å². The highest BCUT2D eigenvalue weighted by Crippen LogP contribution is 2.39. The van der Waals surface area contributed by atoms with Gasteiger partial charge in [0.25, 0.3) is 0 Å². The second-order valence-corrected chi connectivity index (χ2v) is 6.05. The second kappa shape index (κ2) is 5.50. The zero-order valence-corrected chi connectivity index (χ0v) is 12.2. The van der Waals surface area contributed by atoms with Crippen LogP contribution in [0, 0.1) is 5.92 Å². The molecule has 1 unspecified atom stereocenters. The van der Waals surface area contributed by atoms with Crippen LogP contribution in [0.2, 0.25) is 0 Å². The fraction of sp³-hybridized carbons (Fsp3) is 0.692. The number of aromatic nitrogens is 3. The number of carbonyl (C=O) groups excluding carboxylic acids is 2. The van der Waals surface area contributed by atoms with Gasteiger partial charge in [-0.2, -0.15) is 18.3 Å². The number of hydrogen-bond acceptors (Lipinski definition) is 4. The molecule has 0 aromatic carbocycles. The summed E-state index contributed by atoms with van der Waals surface area (Å²) in [6.45, 7) is -1.53. The zero-order valence-electron chi connectivity index (χ0n) is 12.2. The lowest BCUT2D eigenvalue weighted by Gasteiger charge is -2.41. The summed E-state index contributed by atoms with van der Waals surface area (Å²) in [5.74, 6) is -1.30. The largest absolute Gasteiger partial charge is 0.406 e. The van der Waals surface area contributed by atoms with Gasteiger partial charge in [-0.05, 0) is 19.3 Å². The lowest BCUT2D eigenvalue weighted by atomic mass is 9.75.